The molecule has 3 aromatic rings. The van der Waals surface area contributed by atoms with Gasteiger partial charge in [0.15, 0.2) is 5.69 Å². The number of hydrogen-bond donors (Lipinski definition) is 2. The molecule has 0 bridgehead atoms. The quantitative estimate of drug-likeness (QED) is 0.386. The molecule has 0 radical (unpaired) electrons. The Morgan fingerprint density at radius 3 is 2.70 bits per heavy atom. The van der Waals surface area contributed by atoms with Gasteiger partial charge in [-0.2, -0.15) is 5.10 Å². The number of carbonyl (C=O) groups is 1. The van der Waals surface area contributed by atoms with E-state index in [0.717, 1.165) is 0 Å². The maximum atomic E-state index is 12.7. The highest BCUT2D eigenvalue weighted by atomic mass is 32.2. The van der Waals surface area contributed by atoms with Crippen LogP contribution >= 0.6 is 0 Å². The highest BCUT2D eigenvalue weighted by molar-refractivity contribution is 7.92. The number of carbonyl (C=O) groups excluding carboxylic acids is 1. The largest absolute Gasteiger partial charge is 0.464 e. The number of nitro benzene ring substituents is 1. The van der Waals surface area contributed by atoms with Crippen molar-refractivity contribution in [2.75, 3.05) is 11.8 Å². The summed E-state index contributed by atoms with van der Waals surface area (Å²) >= 11 is 0. The zero-order valence-corrected chi connectivity index (χ0v) is 15.0. The third-order valence-electron chi connectivity index (χ3n) is 3.94. The molecule has 0 atom stereocenters. The number of nitrogens with one attached hydrogen (secondary N) is 2. The second-order valence-electron chi connectivity index (χ2n) is 5.59. The van der Waals surface area contributed by atoms with Crippen LogP contribution in [0, 0.1) is 17.0 Å². The molecule has 140 valence electrons. The van der Waals surface area contributed by atoms with Crippen molar-refractivity contribution in [3.05, 3.63) is 57.8 Å². The minimum atomic E-state index is -4.09. The molecule has 0 amide bonds. The number of rotatable bonds is 5. The molecule has 2 N–H and O–H groups in total. The number of aromatic amines is 1. The summed E-state index contributed by atoms with van der Waals surface area (Å²) in [5, 5.41) is 17.9. The van der Waals surface area contributed by atoms with Crippen LogP contribution in [0.25, 0.3) is 10.9 Å². The number of fused-ring (bicyclic) bond motifs is 1. The Kier molecular flexibility index (Phi) is 4.54. The van der Waals surface area contributed by atoms with Crippen LogP contribution in [0.5, 0.6) is 0 Å². The first-order chi connectivity index (χ1) is 12.7. The van der Waals surface area contributed by atoms with Crippen molar-refractivity contribution < 1.29 is 22.9 Å². The predicted octanol–water partition coefficient (Wildman–Crippen LogP) is 2.37. The van der Waals surface area contributed by atoms with E-state index in [1.807, 2.05) is 0 Å². The number of benzene rings is 2. The molecule has 1 heterocycles. The van der Waals surface area contributed by atoms with Crippen molar-refractivity contribution in [3.63, 3.8) is 0 Å². The number of nitrogens with zero attached hydrogens (tertiary/aromatic N) is 2. The first-order valence-corrected chi connectivity index (χ1v) is 9.06. The average molecular weight is 390 g/mol. The van der Waals surface area contributed by atoms with E-state index in [1.165, 1.54) is 44.4 Å². The van der Waals surface area contributed by atoms with Gasteiger partial charge in [0.1, 0.15) is 0 Å². The van der Waals surface area contributed by atoms with E-state index in [-0.39, 0.29) is 27.5 Å². The maximum absolute atomic E-state index is 12.7. The average Bonchev–Trinajstić information content (AvgIpc) is 3.03. The summed E-state index contributed by atoms with van der Waals surface area (Å²) in [7, 11) is -2.88. The molecular weight excluding hydrogens is 376 g/mol. The second kappa shape index (κ2) is 6.68. The summed E-state index contributed by atoms with van der Waals surface area (Å²) in [6.07, 6.45) is 0. The fourth-order valence-electron chi connectivity index (χ4n) is 2.63. The molecule has 11 heteroatoms. The lowest BCUT2D eigenvalue weighted by Crippen LogP contribution is -2.15. The van der Waals surface area contributed by atoms with E-state index in [1.54, 1.807) is 6.07 Å². The zero-order chi connectivity index (χ0) is 19.8. The van der Waals surface area contributed by atoms with Gasteiger partial charge in [-0.25, -0.2) is 13.2 Å². The number of nitro groups is 1. The van der Waals surface area contributed by atoms with Crippen LogP contribution < -0.4 is 4.72 Å². The van der Waals surface area contributed by atoms with Crippen LogP contribution in [0.2, 0.25) is 0 Å². The molecule has 0 saturated carbocycles. The summed E-state index contributed by atoms with van der Waals surface area (Å²) in [6, 6.07) is 8.26. The summed E-state index contributed by atoms with van der Waals surface area (Å²) < 4.78 is 32.4. The van der Waals surface area contributed by atoms with E-state index < -0.39 is 20.9 Å². The van der Waals surface area contributed by atoms with Crippen LogP contribution in [-0.4, -0.2) is 36.6 Å². The molecular formula is C16H14N4O6S. The number of sulfonamides is 1. The Hall–Kier alpha value is -3.47. The number of hydrogen-bond acceptors (Lipinski definition) is 7. The van der Waals surface area contributed by atoms with Crippen molar-refractivity contribution in [3.8, 4) is 0 Å². The lowest BCUT2D eigenvalue weighted by molar-refractivity contribution is -0.385. The van der Waals surface area contributed by atoms with Gasteiger partial charge in [0, 0.05) is 22.7 Å². The van der Waals surface area contributed by atoms with Gasteiger partial charge in [-0.15, -0.1) is 0 Å². The van der Waals surface area contributed by atoms with Crippen LogP contribution in [0.15, 0.2) is 41.3 Å². The normalized spacial score (nSPS) is 11.3. The Bertz CT molecular complexity index is 1170. The Morgan fingerprint density at radius 2 is 2.04 bits per heavy atom. The Labute approximate surface area is 153 Å². The van der Waals surface area contributed by atoms with Gasteiger partial charge in [-0.05, 0) is 31.2 Å². The molecule has 0 saturated heterocycles. The molecule has 0 fully saturated rings. The number of H-pyrrole nitrogens is 1. The second-order valence-corrected chi connectivity index (χ2v) is 7.24. The monoisotopic (exact) mass is 390 g/mol. The highest BCUT2D eigenvalue weighted by Crippen LogP contribution is 2.28. The summed E-state index contributed by atoms with van der Waals surface area (Å²) in [4.78, 5) is 21.9. The van der Waals surface area contributed by atoms with Crippen LogP contribution in [0.4, 0.5) is 11.4 Å². The Morgan fingerprint density at radius 1 is 1.30 bits per heavy atom. The van der Waals surface area contributed by atoms with Crippen LogP contribution in [0.1, 0.15) is 16.1 Å². The summed E-state index contributed by atoms with van der Waals surface area (Å²) in [6.45, 7) is 1.36. The standard InChI is InChI=1S/C16H14N4O6S/c1-9-13(20(22)23)4-3-5-14(9)27(24,25)19-10-6-7-12-11(8-10)15(18-17-12)16(21)26-2/h3-8,19H,1-2H3,(H,17,18). The van der Waals surface area contributed by atoms with E-state index in [9.17, 15) is 23.3 Å². The molecule has 0 aliphatic heterocycles. The molecule has 1 aromatic heterocycles. The van der Waals surface area contributed by atoms with Crippen LogP contribution in [0.3, 0.4) is 0 Å². The molecule has 0 aliphatic carbocycles. The van der Waals surface area contributed by atoms with Gasteiger partial charge < -0.3 is 4.74 Å². The van der Waals surface area contributed by atoms with Gasteiger partial charge in [-0.1, -0.05) is 6.07 Å². The molecule has 27 heavy (non-hydrogen) atoms. The lowest BCUT2D eigenvalue weighted by atomic mass is 10.2. The minimum absolute atomic E-state index is 0.0140. The topological polar surface area (TPSA) is 144 Å². The fraction of sp³-hybridized carbons (Fsp3) is 0.125. The van der Waals surface area contributed by atoms with Gasteiger partial charge >= 0.3 is 5.97 Å². The summed E-state index contributed by atoms with van der Waals surface area (Å²) in [5.41, 5.74) is 0.427. The number of methoxy groups -OCH3 is 1. The zero-order valence-electron chi connectivity index (χ0n) is 14.2. The van der Waals surface area contributed by atoms with Crippen molar-refractivity contribution >= 4 is 38.3 Å². The van der Waals surface area contributed by atoms with Crippen molar-refractivity contribution in [2.24, 2.45) is 0 Å². The molecule has 0 spiro atoms. The number of esters is 1. The number of ether oxygens (including phenoxy) is 1. The Balaban J connectivity index is 2.03. The molecule has 2 aromatic carbocycles. The fourth-order valence-corrected chi connectivity index (χ4v) is 3.94. The summed E-state index contributed by atoms with van der Waals surface area (Å²) in [5.74, 6) is -0.671. The third kappa shape index (κ3) is 3.31. The molecule has 3 rings (SSSR count). The molecule has 0 unspecified atom stereocenters. The number of anilines is 1. The first kappa shape index (κ1) is 18.3. The lowest BCUT2D eigenvalue weighted by Gasteiger charge is -2.10. The van der Waals surface area contributed by atoms with E-state index in [2.05, 4.69) is 19.7 Å². The highest BCUT2D eigenvalue weighted by Gasteiger charge is 2.23. The molecule has 0 aliphatic rings. The van der Waals surface area contributed by atoms with E-state index in [0.29, 0.717) is 10.9 Å². The van der Waals surface area contributed by atoms with E-state index in [4.69, 9.17) is 0 Å². The van der Waals surface area contributed by atoms with E-state index >= 15 is 0 Å². The smallest absolute Gasteiger partial charge is 0.359 e. The van der Waals surface area contributed by atoms with Gasteiger partial charge in [0.2, 0.25) is 0 Å². The maximum Gasteiger partial charge on any atom is 0.359 e. The number of aromatic nitrogens is 2. The molecule has 10 nitrogen and oxygen atoms in total. The predicted molar refractivity (Wildman–Crippen MR) is 96.1 cm³/mol. The van der Waals surface area contributed by atoms with Gasteiger partial charge in [-0.3, -0.25) is 19.9 Å². The third-order valence-corrected chi connectivity index (χ3v) is 5.46. The van der Waals surface area contributed by atoms with Gasteiger partial charge in [0.25, 0.3) is 15.7 Å². The van der Waals surface area contributed by atoms with Crippen molar-refractivity contribution in [1.82, 2.24) is 10.2 Å². The SMILES string of the molecule is COC(=O)c1n[nH]c2ccc(NS(=O)(=O)c3cccc([N+](=O)[O-])c3C)cc12. The minimum Gasteiger partial charge on any atom is -0.464 e. The van der Waals surface area contributed by atoms with Crippen LogP contribution in [-0.2, 0) is 14.8 Å². The first-order valence-electron chi connectivity index (χ1n) is 7.58. The van der Waals surface area contributed by atoms with Crippen molar-refractivity contribution in [1.29, 1.82) is 0 Å². The van der Waals surface area contributed by atoms with Gasteiger partial charge in [0.05, 0.1) is 22.4 Å². The van der Waals surface area contributed by atoms with Crippen molar-refractivity contribution in [2.45, 2.75) is 11.8 Å².